The SMILES string of the molecule is Nc1cccc2c1[nH]c1ncnc(N3CCC[C@@H]3CO)c12. The van der Waals surface area contributed by atoms with E-state index in [2.05, 4.69) is 19.9 Å². The molecule has 0 saturated carbocycles. The molecule has 3 heterocycles. The van der Waals surface area contributed by atoms with E-state index in [0.29, 0.717) is 5.69 Å². The lowest BCUT2D eigenvalue weighted by Crippen LogP contribution is -2.32. The smallest absolute Gasteiger partial charge is 0.144 e. The molecular weight excluding hydrogens is 266 g/mol. The molecule has 4 rings (SSSR count). The predicted molar refractivity (Wildman–Crippen MR) is 83.3 cm³/mol. The van der Waals surface area contributed by atoms with Crippen LogP contribution in [0.5, 0.6) is 0 Å². The van der Waals surface area contributed by atoms with Crippen molar-refractivity contribution < 1.29 is 5.11 Å². The van der Waals surface area contributed by atoms with Gasteiger partial charge in [0, 0.05) is 11.9 Å². The standard InChI is InChI=1S/C15H17N5O/c16-11-5-1-4-10-12-14(19-13(10)11)17-8-18-15(12)20-6-2-3-9(20)7-21/h1,4-5,8-9,21H,2-3,6-7,16H2,(H,17,18,19)/t9-/m1/s1. The van der Waals surface area contributed by atoms with E-state index in [1.54, 1.807) is 6.33 Å². The molecule has 1 fully saturated rings. The van der Waals surface area contributed by atoms with Crippen LogP contribution in [0.25, 0.3) is 21.9 Å². The Hall–Kier alpha value is -2.34. The van der Waals surface area contributed by atoms with Crippen molar-refractivity contribution in [2.24, 2.45) is 0 Å². The first kappa shape index (κ1) is 12.4. The van der Waals surface area contributed by atoms with Crippen molar-refractivity contribution in [3.8, 4) is 0 Å². The number of nitrogen functional groups attached to an aromatic ring is 1. The molecule has 4 N–H and O–H groups in total. The molecule has 0 aliphatic carbocycles. The molecule has 1 atom stereocenters. The van der Waals surface area contributed by atoms with Gasteiger partial charge in [-0.15, -0.1) is 0 Å². The number of nitrogens with two attached hydrogens (primary N) is 1. The Balaban J connectivity index is 2.01. The molecule has 1 aliphatic rings. The van der Waals surface area contributed by atoms with Gasteiger partial charge in [-0.2, -0.15) is 0 Å². The van der Waals surface area contributed by atoms with Crippen molar-refractivity contribution in [3.05, 3.63) is 24.5 Å². The number of rotatable bonds is 2. The number of hydrogen-bond donors (Lipinski definition) is 3. The Morgan fingerprint density at radius 2 is 2.29 bits per heavy atom. The van der Waals surface area contributed by atoms with Gasteiger partial charge in [-0.3, -0.25) is 0 Å². The number of aliphatic hydroxyl groups excluding tert-OH is 1. The number of fused-ring (bicyclic) bond motifs is 3. The average molecular weight is 283 g/mol. The number of anilines is 2. The number of benzene rings is 1. The number of aromatic nitrogens is 3. The van der Waals surface area contributed by atoms with E-state index in [0.717, 1.165) is 47.1 Å². The van der Waals surface area contributed by atoms with Crippen LogP contribution in [0.4, 0.5) is 11.5 Å². The maximum atomic E-state index is 9.56. The van der Waals surface area contributed by atoms with Crippen LogP contribution in [-0.2, 0) is 0 Å². The first-order valence-electron chi connectivity index (χ1n) is 7.18. The lowest BCUT2D eigenvalue weighted by molar-refractivity contribution is 0.266. The third kappa shape index (κ3) is 1.76. The minimum atomic E-state index is 0.133. The first-order chi connectivity index (χ1) is 10.3. The Morgan fingerprint density at radius 1 is 1.38 bits per heavy atom. The van der Waals surface area contributed by atoms with Crippen LogP contribution >= 0.6 is 0 Å². The highest BCUT2D eigenvalue weighted by Crippen LogP contribution is 2.35. The molecule has 1 aromatic carbocycles. The normalized spacial score (nSPS) is 18.9. The highest BCUT2D eigenvalue weighted by atomic mass is 16.3. The van der Waals surface area contributed by atoms with Crippen LogP contribution in [-0.4, -0.2) is 39.3 Å². The number of aromatic amines is 1. The Morgan fingerprint density at radius 3 is 3.14 bits per heavy atom. The van der Waals surface area contributed by atoms with E-state index in [9.17, 15) is 5.11 Å². The van der Waals surface area contributed by atoms with Crippen molar-refractivity contribution in [2.45, 2.75) is 18.9 Å². The number of nitrogens with one attached hydrogen (secondary N) is 1. The number of nitrogens with zero attached hydrogens (tertiary/aromatic N) is 3. The summed E-state index contributed by atoms with van der Waals surface area (Å²) in [6.07, 6.45) is 3.63. The summed E-state index contributed by atoms with van der Waals surface area (Å²) in [5.74, 6) is 0.883. The third-order valence-electron chi connectivity index (χ3n) is 4.30. The van der Waals surface area contributed by atoms with E-state index in [1.165, 1.54) is 0 Å². The molecule has 1 aliphatic heterocycles. The predicted octanol–water partition coefficient (Wildman–Crippen LogP) is 1.65. The van der Waals surface area contributed by atoms with Gasteiger partial charge < -0.3 is 20.7 Å². The summed E-state index contributed by atoms with van der Waals surface area (Å²) >= 11 is 0. The second kappa shape index (κ2) is 4.60. The van der Waals surface area contributed by atoms with Gasteiger partial charge in [0.05, 0.1) is 29.2 Å². The monoisotopic (exact) mass is 283 g/mol. The maximum Gasteiger partial charge on any atom is 0.144 e. The number of aliphatic hydroxyl groups is 1. The first-order valence-corrected chi connectivity index (χ1v) is 7.18. The lowest BCUT2D eigenvalue weighted by atomic mass is 10.1. The van der Waals surface area contributed by atoms with E-state index in [4.69, 9.17) is 5.73 Å². The van der Waals surface area contributed by atoms with E-state index >= 15 is 0 Å². The minimum absolute atomic E-state index is 0.133. The fourth-order valence-corrected chi connectivity index (χ4v) is 3.28. The molecule has 2 aromatic heterocycles. The molecule has 21 heavy (non-hydrogen) atoms. The summed E-state index contributed by atoms with van der Waals surface area (Å²) in [7, 11) is 0. The summed E-state index contributed by atoms with van der Waals surface area (Å²) in [5.41, 5.74) is 8.43. The molecule has 0 radical (unpaired) electrons. The summed E-state index contributed by atoms with van der Waals surface area (Å²) in [6.45, 7) is 1.06. The average Bonchev–Trinajstić information content (AvgIpc) is 3.11. The van der Waals surface area contributed by atoms with Gasteiger partial charge in [0.1, 0.15) is 17.8 Å². The Labute approximate surface area is 121 Å². The molecule has 0 amide bonds. The van der Waals surface area contributed by atoms with Crippen molar-refractivity contribution in [2.75, 3.05) is 23.8 Å². The van der Waals surface area contributed by atoms with E-state index in [1.807, 2.05) is 18.2 Å². The van der Waals surface area contributed by atoms with Crippen molar-refractivity contribution in [3.63, 3.8) is 0 Å². The number of hydrogen-bond acceptors (Lipinski definition) is 5. The zero-order valence-electron chi connectivity index (χ0n) is 11.6. The highest BCUT2D eigenvalue weighted by Gasteiger charge is 2.27. The summed E-state index contributed by atoms with van der Waals surface area (Å²) < 4.78 is 0. The molecule has 6 nitrogen and oxygen atoms in total. The van der Waals surface area contributed by atoms with Crippen LogP contribution in [0.1, 0.15) is 12.8 Å². The fourth-order valence-electron chi connectivity index (χ4n) is 3.28. The molecule has 6 heteroatoms. The van der Waals surface area contributed by atoms with E-state index in [-0.39, 0.29) is 12.6 Å². The summed E-state index contributed by atoms with van der Waals surface area (Å²) in [6, 6.07) is 5.97. The van der Waals surface area contributed by atoms with Gasteiger partial charge in [0.15, 0.2) is 0 Å². The molecule has 0 spiro atoms. The quantitative estimate of drug-likeness (QED) is 0.622. The summed E-state index contributed by atoms with van der Waals surface area (Å²) in [5, 5.41) is 11.6. The number of para-hydroxylation sites is 1. The molecular formula is C15H17N5O. The number of H-pyrrole nitrogens is 1. The van der Waals surface area contributed by atoms with Crippen LogP contribution in [0.3, 0.4) is 0 Å². The Kier molecular flexibility index (Phi) is 2.71. The van der Waals surface area contributed by atoms with Crippen LogP contribution in [0.2, 0.25) is 0 Å². The fraction of sp³-hybridized carbons (Fsp3) is 0.333. The van der Waals surface area contributed by atoms with Gasteiger partial charge in [-0.25, -0.2) is 9.97 Å². The van der Waals surface area contributed by atoms with Crippen molar-refractivity contribution in [1.82, 2.24) is 15.0 Å². The second-order valence-corrected chi connectivity index (χ2v) is 5.49. The third-order valence-corrected chi connectivity index (χ3v) is 4.30. The largest absolute Gasteiger partial charge is 0.397 e. The summed E-state index contributed by atoms with van der Waals surface area (Å²) in [4.78, 5) is 14.3. The lowest BCUT2D eigenvalue weighted by Gasteiger charge is -2.24. The van der Waals surface area contributed by atoms with Crippen LogP contribution in [0, 0.1) is 0 Å². The van der Waals surface area contributed by atoms with Crippen LogP contribution < -0.4 is 10.6 Å². The molecule has 3 aromatic rings. The van der Waals surface area contributed by atoms with E-state index < -0.39 is 0 Å². The molecule has 0 bridgehead atoms. The van der Waals surface area contributed by atoms with Gasteiger partial charge in [-0.05, 0) is 18.9 Å². The topological polar surface area (TPSA) is 91.1 Å². The second-order valence-electron chi connectivity index (χ2n) is 5.49. The highest BCUT2D eigenvalue weighted by molar-refractivity contribution is 6.14. The van der Waals surface area contributed by atoms with Gasteiger partial charge >= 0.3 is 0 Å². The molecule has 108 valence electrons. The minimum Gasteiger partial charge on any atom is -0.397 e. The van der Waals surface area contributed by atoms with Gasteiger partial charge in [-0.1, -0.05) is 12.1 Å². The van der Waals surface area contributed by atoms with Gasteiger partial charge in [0.2, 0.25) is 0 Å². The Bertz CT molecular complexity index is 812. The molecule has 0 unspecified atom stereocenters. The van der Waals surface area contributed by atoms with Gasteiger partial charge in [0.25, 0.3) is 0 Å². The van der Waals surface area contributed by atoms with Crippen molar-refractivity contribution in [1.29, 1.82) is 0 Å². The zero-order chi connectivity index (χ0) is 14.4. The van der Waals surface area contributed by atoms with Crippen LogP contribution in [0.15, 0.2) is 24.5 Å². The van der Waals surface area contributed by atoms with Crippen molar-refractivity contribution >= 4 is 33.4 Å². The zero-order valence-corrected chi connectivity index (χ0v) is 11.6. The maximum absolute atomic E-state index is 9.56. The molecule has 1 saturated heterocycles.